The van der Waals surface area contributed by atoms with E-state index >= 15 is 0 Å². The van der Waals surface area contributed by atoms with Crippen LogP contribution in [0.4, 0.5) is 0 Å². The maximum absolute atomic E-state index is 9.60. The molecule has 0 fully saturated rings. The van der Waals surface area contributed by atoms with Crippen molar-refractivity contribution < 1.29 is 5.11 Å². The van der Waals surface area contributed by atoms with Gasteiger partial charge in [0.1, 0.15) is 0 Å². The van der Waals surface area contributed by atoms with Crippen molar-refractivity contribution in [2.75, 3.05) is 0 Å². The van der Waals surface area contributed by atoms with Crippen molar-refractivity contribution in [2.45, 2.75) is 39.2 Å². The molecule has 0 saturated heterocycles. The second kappa shape index (κ2) is 2.39. The fourth-order valence-electron chi connectivity index (χ4n) is 1.44. The van der Waals surface area contributed by atoms with Crippen LogP contribution in [0.25, 0.3) is 0 Å². The van der Waals surface area contributed by atoms with E-state index in [0.29, 0.717) is 5.92 Å². The molecule has 0 heterocycles. The summed E-state index contributed by atoms with van der Waals surface area (Å²) in [5, 5.41) is 9.60. The zero-order valence-electron chi connectivity index (χ0n) is 7.02. The average Bonchev–Trinajstić information content (AvgIpc) is 2.11. The molecule has 1 aliphatic carbocycles. The molecule has 1 heteroatoms. The predicted octanol–water partition coefficient (Wildman–Crippen LogP) is 2.11. The van der Waals surface area contributed by atoms with E-state index in [0.717, 1.165) is 12.8 Å². The SMILES string of the molecule is CC1=CCC(C(C)(C)O)C1. The summed E-state index contributed by atoms with van der Waals surface area (Å²) in [5.41, 5.74) is 0.931. The Hall–Kier alpha value is -0.300. The van der Waals surface area contributed by atoms with Crippen LogP contribution in [0.1, 0.15) is 33.6 Å². The second-order valence-electron chi connectivity index (χ2n) is 3.84. The van der Waals surface area contributed by atoms with Crippen molar-refractivity contribution in [3.05, 3.63) is 11.6 Å². The summed E-state index contributed by atoms with van der Waals surface area (Å²) in [6.45, 7) is 5.92. The van der Waals surface area contributed by atoms with Gasteiger partial charge in [0.2, 0.25) is 0 Å². The Bertz CT molecular complexity index is 151. The third-order valence-corrected chi connectivity index (χ3v) is 2.32. The zero-order chi connectivity index (χ0) is 7.78. The monoisotopic (exact) mass is 140 g/mol. The zero-order valence-corrected chi connectivity index (χ0v) is 7.02. The van der Waals surface area contributed by atoms with Crippen LogP contribution in [-0.4, -0.2) is 10.7 Å². The Morgan fingerprint density at radius 1 is 1.60 bits per heavy atom. The van der Waals surface area contributed by atoms with Gasteiger partial charge in [0.05, 0.1) is 5.60 Å². The van der Waals surface area contributed by atoms with Gasteiger partial charge in [0.15, 0.2) is 0 Å². The smallest absolute Gasteiger partial charge is 0.0625 e. The number of aliphatic hydroxyl groups is 1. The van der Waals surface area contributed by atoms with Gasteiger partial charge in [-0.15, -0.1) is 0 Å². The van der Waals surface area contributed by atoms with Crippen molar-refractivity contribution in [1.29, 1.82) is 0 Å². The standard InChI is InChI=1S/C9H16O/c1-7-4-5-8(6-7)9(2,3)10/h4,8,10H,5-6H2,1-3H3. The van der Waals surface area contributed by atoms with Gasteiger partial charge in [-0.3, -0.25) is 0 Å². The lowest BCUT2D eigenvalue weighted by Crippen LogP contribution is -2.28. The van der Waals surface area contributed by atoms with Gasteiger partial charge >= 0.3 is 0 Å². The summed E-state index contributed by atoms with van der Waals surface area (Å²) in [4.78, 5) is 0. The first-order valence-corrected chi connectivity index (χ1v) is 3.88. The molecule has 1 aliphatic rings. The molecule has 0 radical (unpaired) electrons. The highest BCUT2D eigenvalue weighted by atomic mass is 16.3. The number of hydrogen-bond acceptors (Lipinski definition) is 1. The Kier molecular flexibility index (Phi) is 1.86. The Labute approximate surface area is 62.8 Å². The molecular weight excluding hydrogens is 124 g/mol. The summed E-state index contributed by atoms with van der Waals surface area (Å²) in [7, 11) is 0. The minimum absolute atomic E-state index is 0.451. The van der Waals surface area contributed by atoms with Gasteiger partial charge < -0.3 is 5.11 Å². The lowest BCUT2D eigenvalue weighted by atomic mass is 9.88. The minimum atomic E-state index is -0.492. The quantitative estimate of drug-likeness (QED) is 0.553. The van der Waals surface area contributed by atoms with E-state index < -0.39 is 5.60 Å². The van der Waals surface area contributed by atoms with Gasteiger partial charge in [-0.25, -0.2) is 0 Å². The van der Waals surface area contributed by atoms with Crippen LogP contribution in [0.5, 0.6) is 0 Å². The number of rotatable bonds is 1. The molecule has 0 spiro atoms. The van der Waals surface area contributed by atoms with E-state index in [9.17, 15) is 5.11 Å². The highest BCUT2D eigenvalue weighted by Crippen LogP contribution is 2.32. The molecule has 0 aromatic carbocycles. The average molecular weight is 140 g/mol. The van der Waals surface area contributed by atoms with Crippen LogP contribution in [0.2, 0.25) is 0 Å². The molecule has 10 heavy (non-hydrogen) atoms. The third-order valence-electron chi connectivity index (χ3n) is 2.32. The highest BCUT2D eigenvalue weighted by Gasteiger charge is 2.28. The maximum atomic E-state index is 9.60. The van der Waals surface area contributed by atoms with E-state index in [1.54, 1.807) is 0 Å². The van der Waals surface area contributed by atoms with Gasteiger partial charge in [0.25, 0.3) is 0 Å². The molecule has 0 bridgehead atoms. The van der Waals surface area contributed by atoms with E-state index in [-0.39, 0.29) is 0 Å². The van der Waals surface area contributed by atoms with Crippen molar-refractivity contribution in [3.8, 4) is 0 Å². The predicted molar refractivity (Wildman–Crippen MR) is 42.8 cm³/mol. The highest BCUT2D eigenvalue weighted by molar-refractivity contribution is 5.09. The first-order valence-electron chi connectivity index (χ1n) is 3.88. The summed E-state index contributed by atoms with van der Waals surface area (Å²) in [5.74, 6) is 0.451. The summed E-state index contributed by atoms with van der Waals surface area (Å²) >= 11 is 0. The maximum Gasteiger partial charge on any atom is 0.0625 e. The van der Waals surface area contributed by atoms with Gasteiger partial charge in [0, 0.05) is 0 Å². The fraction of sp³-hybridized carbons (Fsp3) is 0.778. The molecule has 0 aromatic rings. The van der Waals surface area contributed by atoms with Crippen LogP contribution in [0.15, 0.2) is 11.6 Å². The van der Waals surface area contributed by atoms with Crippen LogP contribution >= 0.6 is 0 Å². The first kappa shape index (κ1) is 7.80. The van der Waals surface area contributed by atoms with E-state index in [4.69, 9.17) is 0 Å². The summed E-state index contributed by atoms with van der Waals surface area (Å²) in [6, 6.07) is 0. The number of hydrogen-bond donors (Lipinski definition) is 1. The van der Waals surface area contributed by atoms with Gasteiger partial charge in [-0.05, 0) is 39.5 Å². The Balaban J connectivity index is 2.50. The normalized spacial score (nSPS) is 26.8. The van der Waals surface area contributed by atoms with Crippen molar-refractivity contribution in [3.63, 3.8) is 0 Å². The molecule has 0 saturated carbocycles. The topological polar surface area (TPSA) is 20.2 Å². The van der Waals surface area contributed by atoms with E-state index in [1.165, 1.54) is 5.57 Å². The Morgan fingerprint density at radius 3 is 2.40 bits per heavy atom. The Morgan fingerprint density at radius 2 is 2.20 bits per heavy atom. The lowest BCUT2D eigenvalue weighted by Gasteiger charge is -2.25. The third kappa shape index (κ3) is 1.60. The second-order valence-corrected chi connectivity index (χ2v) is 3.84. The molecule has 0 amide bonds. The molecule has 0 aliphatic heterocycles. The van der Waals surface area contributed by atoms with Crippen molar-refractivity contribution in [1.82, 2.24) is 0 Å². The van der Waals surface area contributed by atoms with E-state index in [1.807, 2.05) is 13.8 Å². The molecule has 1 rings (SSSR count). The van der Waals surface area contributed by atoms with Crippen molar-refractivity contribution >= 4 is 0 Å². The molecule has 1 atom stereocenters. The van der Waals surface area contributed by atoms with Crippen molar-refractivity contribution in [2.24, 2.45) is 5.92 Å². The van der Waals surface area contributed by atoms with Gasteiger partial charge in [-0.2, -0.15) is 0 Å². The largest absolute Gasteiger partial charge is 0.390 e. The minimum Gasteiger partial charge on any atom is -0.390 e. The summed E-state index contributed by atoms with van der Waals surface area (Å²) < 4.78 is 0. The number of allylic oxidation sites excluding steroid dienone is 2. The van der Waals surface area contributed by atoms with Crippen LogP contribution < -0.4 is 0 Å². The lowest BCUT2D eigenvalue weighted by molar-refractivity contribution is 0.0219. The molecule has 58 valence electrons. The molecule has 1 unspecified atom stereocenters. The molecule has 1 N–H and O–H groups in total. The van der Waals surface area contributed by atoms with Gasteiger partial charge in [-0.1, -0.05) is 11.6 Å². The molecule has 0 aromatic heterocycles. The first-order chi connectivity index (χ1) is 4.50. The molecular formula is C9H16O. The fourth-order valence-corrected chi connectivity index (χ4v) is 1.44. The van der Waals surface area contributed by atoms with Crippen LogP contribution in [-0.2, 0) is 0 Å². The van der Waals surface area contributed by atoms with Crippen LogP contribution in [0, 0.1) is 5.92 Å². The molecule has 1 nitrogen and oxygen atoms in total. The van der Waals surface area contributed by atoms with E-state index in [2.05, 4.69) is 13.0 Å². The summed E-state index contributed by atoms with van der Waals surface area (Å²) in [6.07, 6.45) is 4.35. The van der Waals surface area contributed by atoms with Crippen LogP contribution in [0.3, 0.4) is 0 Å².